The van der Waals surface area contributed by atoms with Gasteiger partial charge in [-0.3, -0.25) is 4.79 Å². The Morgan fingerprint density at radius 3 is 2.38 bits per heavy atom. The van der Waals surface area contributed by atoms with Crippen LogP contribution < -0.4 is 5.32 Å². The highest BCUT2D eigenvalue weighted by Crippen LogP contribution is 2.91. The molecule has 254 valence electrons. The molecular formula is C37H59NO7. The van der Waals surface area contributed by atoms with E-state index in [1.54, 1.807) is 13.8 Å². The van der Waals surface area contributed by atoms with Gasteiger partial charge in [0.25, 0.3) is 0 Å². The molecule has 7 aliphatic rings. The van der Waals surface area contributed by atoms with Crippen molar-refractivity contribution in [1.82, 2.24) is 5.32 Å². The summed E-state index contributed by atoms with van der Waals surface area (Å²) in [5, 5.41) is 27.0. The highest BCUT2D eigenvalue weighted by atomic mass is 16.7. The fourth-order valence-electron chi connectivity index (χ4n) is 13.5. The fraction of sp³-hybridized carbons (Fsp3) is 0.919. The van der Waals surface area contributed by atoms with Crippen LogP contribution in [0.4, 0.5) is 0 Å². The molecule has 0 aromatic rings. The van der Waals surface area contributed by atoms with Crippen LogP contribution >= 0.6 is 0 Å². The van der Waals surface area contributed by atoms with Crippen molar-refractivity contribution in [2.45, 2.75) is 144 Å². The zero-order valence-corrected chi connectivity index (χ0v) is 29.2. The molecule has 2 spiro atoms. The van der Waals surface area contributed by atoms with Crippen LogP contribution in [0, 0.1) is 50.7 Å². The molecule has 0 bridgehead atoms. The SMILES string of the molecule is CC(=O)OC(C1CC(C)C2=C(O1)C(O)C1(C)C3CCC4C(C)(C)C(OC5CNCCO5)CCC45C(C)C35CCC21C)C(C)(C)O. The predicted octanol–water partition coefficient (Wildman–Crippen LogP) is 5.35. The Morgan fingerprint density at radius 2 is 1.73 bits per heavy atom. The maximum atomic E-state index is 12.5. The van der Waals surface area contributed by atoms with Crippen molar-refractivity contribution in [2.75, 3.05) is 19.7 Å². The van der Waals surface area contributed by atoms with Gasteiger partial charge < -0.3 is 34.5 Å². The summed E-state index contributed by atoms with van der Waals surface area (Å²) in [5.74, 6) is 2.00. The highest BCUT2D eigenvalue weighted by Gasteiger charge is 2.87. The summed E-state index contributed by atoms with van der Waals surface area (Å²) >= 11 is 0. The van der Waals surface area contributed by atoms with Gasteiger partial charge in [-0.2, -0.15) is 0 Å². The summed E-state index contributed by atoms with van der Waals surface area (Å²) in [7, 11) is 0. The quantitative estimate of drug-likeness (QED) is 0.350. The molecule has 5 fully saturated rings. The molecule has 4 saturated carbocycles. The van der Waals surface area contributed by atoms with E-state index < -0.39 is 29.9 Å². The Balaban J connectivity index is 1.19. The molecule has 1 saturated heterocycles. The lowest BCUT2D eigenvalue weighted by Gasteiger charge is -2.63. The Kier molecular flexibility index (Phi) is 7.31. The minimum Gasteiger partial charge on any atom is -0.488 e. The Hall–Kier alpha value is -1.19. The zero-order chi connectivity index (χ0) is 32.5. The van der Waals surface area contributed by atoms with E-state index in [2.05, 4.69) is 46.9 Å². The van der Waals surface area contributed by atoms with Crippen LogP contribution in [-0.4, -0.2) is 72.2 Å². The van der Waals surface area contributed by atoms with Gasteiger partial charge in [-0.15, -0.1) is 0 Å². The number of hydrogen-bond acceptors (Lipinski definition) is 8. The number of allylic oxidation sites excluding steroid dienone is 1. The third kappa shape index (κ3) is 4.04. The summed E-state index contributed by atoms with van der Waals surface area (Å²) in [4.78, 5) is 12.1. The fourth-order valence-corrected chi connectivity index (χ4v) is 13.5. The summed E-state index contributed by atoms with van der Waals surface area (Å²) in [6.07, 6.45) is 5.36. The average Bonchev–Trinajstić information content (AvgIpc) is 3.43. The average molecular weight is 630 g/mol. The number of esters is 1. The summed E-state index contributed by atoms with van der Waals surface area (Å²) in [6.45, 7) is 21.5. The molecule has 45 heavy (non-hydrogen) atoms. The summed E-state index contributed by atoms with van der Waals surface area (Å²) < 4.78 is 25.1. The summed E-state index contributed by atoms with van der Waals surface area (Å²) in [6, 6.07) is 0. The molecule has 0 amide bonds. The first-order valence-corrected chi connectivity index (χ1v) is 17.9. The number of morpholine rings is 1. The molecule has 5 aliphatic carbocycles. The van der Waals surface area contributed by atoms with Gasteiger partial charge in [-0.05, 0) is 104 Å². The van der Waals surface area contributed by atoms with E-state index in [4.69, 9.17) is 18.9 Å². The molecule has 8 nitrogen and oxygen atoms in total. The van der Waals surface area contributed by atoms with E-state index in [-0.39, 0.29) is 45.4 Å². The van der Waals surface area contributed by atoms with Gasteiger partial charge in [0.15, 0.2) is 12.4 Å². The lowest BCUT2D eigenvalue weighted by atomic mass is 9.41. The smallest absolute Gasteiger partial charge is 0.303 e. The molecule has 0 radical (unpaired) electrons. The van der Waals surface area contributed by atoms with Gasteiger partial charge in [0.05, 0.1) is 18.3 Å². The van der Waals surface area contributed by atoms with Crippen LogP contribution in [0.15, 0.2) is 11.3 Å². The molecule has 2 heterocycles. The van der Waals surface area contributed by atoms with Gasteiger partial charge in [-0.1, -0.05) is 41.5 Å². The molecule has 13 atom stereocenters. The molecule has 8 heteroatoms. The maximum absolute atomic E-state index is 12.5. The van der Waals surface area contributed by atoms with Crippen LogP contribution in [0.25, 0.3) is 0 Å². The van der Waals surface area contributed by atoms with Crippen LogP contribution in [0.5, 0.6) is 0 Å². The maximum Gasteiger partial charge on any atom is 0.303 e. The normalized spacial score (nSPS) is 50.6. The molecule has 0 aromatic carbocycles. The van der Waals surface area contributed by atoms with Crippen molar-refractivity contribution < 1.29 is 34.0 Å². The third-order valence-electron chi connectivity index (χ3n) is 15.4. The Bertz CT molecular complexity index is 1250. The number of carbonyl (C=O) groups is 1. The van der Waals surface area contributed by atoms with Crippen molar-refractivity contribution in [3.63, 3.8) is 0 Å². The second kappa shape index (κ2) is 10.2. The molecule has 13 unspecified atom stereocenters. The van der Waals surface area contributed by atoms with Crippen molar-refractivity contribution in [2.24, 2.45) is 50.7 Å². The molecule has 0 aromatic heterocycles. The number of aliphatic hydroxyl groups is 2. The molecule has 2 aliphatic heterocycles. The number of ether oxygens (including phenoxy) is 4. The lowest BCUT2D eigenvalue weighted by molar-refractivity contribution is -0.236. The lowest BCUT2D eigenvalue weighted by Crippen LogP contribution is -2.60. The third-order valence-corrected chi connectivity index (χ3v) is 15.4. The van der Waals surface area contributed by atoms with Gasteiger partial charge in [0.2, 0.25) is 0 Å². The number of nitrogens with one attached hydrogen (secondary N) is 1. The van der Waals surface area contributed by atoms with Crippen LogP contribution in [0.2, 0.25) is 0 Å². The first-order chi connectivity index (χ1) is 21.0. The minimum atomic E-state index is -1.27. The number of rotatable bonds is 5. The predicted molar refractivity (Wildman–Crippen MR) is 170 cm³/mol. The van der Waals surface area contributed by atoms with Crippen LogP contribution in [-0.2, 0) is 23.7 Å². The molecule has 7 rings (SSSR count). The van der Waals surface area contributed by atoms with E-state index in [1.165, 1.54) is 25.3 Å². The standard InChI is InChI=1S/C37H59NO7/c1-20-18-23(31(33(6,7)41)43-22(3)39)44-29-28(20)34(8)14-15-37-21(2)36(37)13-12-26(45-27-19-38-16-17-42-27)32(4,5)24(36)10-11-25(37)35(34,9)30(29)40/h20-21,23-27,30-31,38,40-41H,10-19H2,1-9H3. The second-order valence-corrected chi connectivity index (χ2v) is 17.7. The first-order valence-electron chi connectivity index (χ1n) is 17.9. The van der Waals surface area contributed by atoms with Gasteiger partial charge >= 0.3 is 5.97 Å². The molecular weight excluding hydrogens is 570 g/mol. The minimum absolute atomic E-state index is 0.0445. The second-order valence-electron chi connectivity index (χ2n) is 17.7. The van der Waals surface area contributed by atoms with Crippen molar-refractivity contribution >= 4 is 5.97 Å². The zero-order valence-electron chi connectivity index (χ0n) is 29.2. The van der Waals surface area contributed by atoms with E-state index in [0.29, 0.717) is 36.5 Å². The van der Waals surface area contributed by atoms with E-state index in [9.17, 15) is 15.0 Å². The largest absolute Gasteiger partial charge is 0.488 e. The monoisotopic (exact) mass is 629 g/mol. The van der Waals surface area contributed by atoms with Gasteiger partial charge in [0, 0.05) is 30.8 Å². The van der Waals surface area contributed by atoms with Crippen molar-refractivity contribution in [3.05, 3.63) is 11.3 Å². The Morgan fingerprint density at radius 1 is 1.04 bits per heavy atom. The number of carbonyl (C=O) groups excluding carboxylic acids is 1. The van der Waals surface area contributed by atoms with Gasteiger partial charge in [0.1, 0.15) is 18.0 Å². The highest BCUT2D eigenvalue weighted by molar-refractivity contribution is 5.66. The Labute approximate surface area is 270 Å². The van der Waals surface area contributed by atoms with E-state index in [1.807, 2.05) is 0 Å². The first kappa shape index (κ1) is 32.4. The number of aliphatic hydroxyl groups excluding tert-OH is 1. The number of hydrogen-bond donors (Lipinski definition) is 3. The number of fused-ring (bicyclic) bond motifs is 3. The van der Waals surface area contributed by atoms with Crippen molar-refractivity contribution in [1.29, 1.82) is 0 Å². The van der Waals surface area contributed by atoms with Crippen LogP contribution in [0.1, 0.15) is 107 Å². The van der Waals surface area contributed by atoms with Gasteiger partial charge in [-0.25, -0.2) is 0 Å². The summed E-state index contributed by atoms with van der Waals surface area (Å²) in [5.41, 5.74) is -0.00877. The van der Waals surface area contributed by atoms with Crippen molar-refractivity contribution in [3.8, 4) is 0 Å². The van der Waals surface area contributed by atoms with Crippen LogP contribution in [0.3, 0.4) is 0 Å². The van der Waals surface area contributed by atoms with E-state index >= 15 is 0 Å². The topological polar surface area (TPSA) is 106 Å². The van der Waals surface area contributed by atoms with E-state index in [0.717, 1.165) is 38.8 Å². The molecule has 3 N–H and O–H groups in total.